The van der Waals surface area contributed by atoms with Crippen molar-refractivity contribution >= 4 is 6.21 Å². The van der Waals surface area contributed by atoms with Gasteiger partial charge in [-0.2, -0.15) is 5.21 Å². The first-order valence-corrected chi connectivity index (χ1v) is 12.9. The fraction of sp³-hybridized carbons (Fsp3) is 0.393. The largest absolute Gasteiger partial charge is 0.334 e. The molecule has 1 unspecified atom stereocenters. The van der Waals surface area contributed by atoms with Crippen LogP contribution in [0, 0.1) is 0 Å². The van der Waals surface area contributed by atoms with Gasteiger partial charge in [0.2, 0.25) is 5.82 Å². The molecular formula is C28H34N8O. The van der Waals surface area contributed by atoms with E-state index in [1.807, 2.05) is 53.6 Å². The molecule has 1 aliphatic heterocycles. The summed E-state index contributed by atoms with van der Waals surface area (Å²) < 4.78 is 5.92. The molecule has 0 aliphatic carbocycles. The number of nitrogens with one attached hydrogen (secondary N) is 1. The minimum Gasteiger partial charge on any atom is -0.329 e. The molecule has 0 bridgehead atoms. The monoisotopic (exact) mass is 498 g/mol. The van der Waals surface area contributed by atoms with Gasteiger partial charge in [0.25, 0.3) is 0 Å². The maximum Gasteiger partial charge on any atom is 0.334 e. The number of nitrogens with zero attached hydrogens (tertiary/aromatic N) is 7. The van der Waals surface area contributed by atoms with Crippen LogP contribution in [0.15, 0.2) is 70.9 Å². The van der Waals surface area contributed by atoms with Crippen LogP contribution in [-0.2, 0) is 23.9 Å². The molecule has 1 N–H and O–H groups in total. The van der Waals surface area contributed by atoms with Gasteiger partial charge < -0.3 is 4.57 Å². The molecule has 1 aliphatic rings. The number of imidazole rings is 1. The van der Waals surface area contributed by atoms with Crippen LogP contribution >= 0.6 is 0 Å². The molecule has 0 amide bonds. The summed E-state index contributed by atoms with van der Waals surface area (Å²) >= 11 is 0. The second-order valence-electron chi connectivity index (χ2n) is 10.7. The Kier molecular flexibility index (Phi) is 6.54. The number of aryl methyl sites for hydroxylation is 1. The molecule has 9 heteroatoms. The number of rotatable bonds is 8. The number of benzene rings is 1. The lowest BCUT2D eigenvalue weighted by Gasteiger charge is -2.32. The molecule has 0 saturated heterocycles. The highest BCUT2D eigenvalue weighted by molar-refractivity contribution is 5.65. The van der Waals surface area contributed by atoms with Crippen molar-refractivity contribution < 1.29 is 0 Å². The number of unbranched alkanes of at least 4 members (excludes halogenated alkanes) is 1. The number of aromatic nitrogens is 7. The van der Waals surface area contributed by atoms with Crippen molar-refractivity contribution in [3.8, 4) is 17.2 Å². The maximum atomic E-state index is 14.1. The van der Waals surface area contributed by atoms with E-state index < -0.39 is 5.41 Å². The molecule has 3 aromatic heterocycles. The molecule has 1 atom stereocenters. The Morgan fingerprint density at radius 1 is 1.16 bits per heavy atom. The van der Waals surface area contributed by atoms with E-state index in [2.05, 4.69) is 76.1 Å². The van der Waals surface area contributed by atoms with E-state index >= 15 is 0 Å². The number of H-pyrrole nitrogens is 1. The molecular weight excluding hydrogens is 464 g/mol. The highest BCUT2D eigenvalue weighted by Gasteiger charge is 2.33. The van der Waals surface area contributed by atoms with Crippen LogP contribution in [0.2, 0.25) is 0 Å². The van der Waals surface area contributed by atoms with Gasteiger partial charge in [-0.05, 0) is 69.0 Å². The van der Waals surface area contributed by atoms with Gasteiger partial charge in [-0.1, -0.05) is 37.6 Å². The first-order valence-electron chi connectivity index (χ1n) is 12.9. The van der Waals surface area contributed by atoms with Crippen LogP contribution in [0.3, 0.4) is 0 Å². The Hall–Kier alpha value is -4.01. The van der Waals surface area contributed by atoms with E-state index in [0.717, 1.165) is 41.9 Å². The van der Waals surface area contributed by atoms with Crippen molar-refractivity contribution in [1.82, 2.24) is 34.3 Å². The topological polar surface area (TPSA) is 98.7 Å². The van der Waals surface area contributed by atoms with Crippen LogP contribution in [0.5, 0.6) is 0 Å². The second kappa shape index (κ2) is 9.80. The fourth-order valence-corrected chi connectivity index (χ4v) is 5.04. The van der Waals surface area contributed by atoms with Gasteiger partial charge in [0.1, 0.15) is 5.82 Å². The van der Waals surface area contributed by atoms with Gasteiger partial charge in [0, 0.05) is 53.6 Å². The molecule has 0 radical (unpaired) electrons. The third kappa shape index (κ3) is 4.73. The molecule has 4 heterocycles. The summed E-state index contributed by atoms with van der Waals surface area (Å²) in [6.07, 6.45) is 13.5. The van der Waals surface area contributed by atoms with Gasteiger partial charge in [-0.3, -0.25) is 14.1 Å². The highest BCUT2D eigenvalue weighted by atomic mass is 16.1. The Balaban J connectivity index is 1.62. The number of tetrazole rings is 1. The normalized spacial score (nSPS) is 17.5. The van der Waals surface area contributed by atoms with E-state index in [4.69, 9.17) is 0 Å². The Morgan fingerprint density at radius 2 is 2.03 bits per heavy atom. The Bertz CT molecular complexity index is 1480. The van der Waals surface area contributed by atoms with E-state index in [1.165, 1.54) is 0 Å². The number of hydrogen-bond donors (Lipinski definition) is 1. The van der Waals surface area contributed by atoms with Gasteiger partial charge in [0.05, 0.1) is 0 Å². The van der Waals surface area contributed by atoms with E-state index in [9.17, 15) is 4.79 Å². The standard InChI is InChI=1S/C28H34N8O/c1-5-6-11-23-19-34(24-12-8-17-36(24)27(2,3)4)26(37)35(23)20-28(13-15-29-16-14-28)22-10-7-9-21(18-22)25-30-32-33-31-25/h7-10,12-13,15-19H,5-6,11,14,20H2,1-4H3,(H,30,31,32,33). The van der Waals surface area contributed by atoms with Crippen molar-refractivity contribution in [3.63, 3.8) is 0 Å². The molecule has 5 rings (SSSR count). The van der Waals surface area contributed by atoms with Crippen LogP contribution in [0.4, 0.5) is 0 Å². The molecule has 1 aromatic carbocycles. The summed E-state index contributed by atoms with van der Waals surface area (Å²) in [4.78, 5) is 18.4. The number of aliphatic imine (C=N–C) groups is 1. The summed E-state index contributed by atoms with van der Waals surface area (Å²) in [5, 5.41) is 14.5. The van der Waals surface area contributed by atoms with Crippen molar-refractivity contribution in [2.24, 2.45) is 4.99 Å². The molecule has 37 heavy (non-hydrogen) atoms. The van der Waals surface area contributed by atoms with E-state index in [-0.39, 0.29) is 11.2 Å². The number of hydrogen-bond acceptors (Lipinski definition) is 5. The number of aromatic amines is 1. The van der Waals surface area contributed by atoms with Crippen LogP contribution < -0.4 is 5.69 Å². The maximum absolute atomic E-state index is 14.1. The van der Waals surface area contributed by atoms with Crippen LogP contribution in [0.25, 0.3) is 17.2 Å². The van der Waals surface area contributed by atoms with Crippen molar-refractivity contribution in [2.45, 2.75) is 70.9 Å². The zero-order valence-corrected chi connectivity index (χ0v) is 21.9. The summed E-state index contributed by atoms with van der Waals surface area (Å²) in [5.74, 6) is 1.42. The molecule has 0 spiro atoms. The molecule has 0 saturated carbocycles. The third-order valence-corrected chi connectivity index (χ3v) is 7.07. The van der Waals surface area contributed by atoms with Crippen molar-refractivity contribution in [1.29, 1.82) is 0 Å². The van der Waals surface area contributed by atoms with Gasteiger partial charge in [0.15, 0.2) is 0 Å². The smallest absolute Gasteiger partial charge is 0.329 e. The molecule has 192 valence electrons. The molecule has 0 fully saturated rings. The highest BCUT2D eigenvalue weighted by Crippen LogP contribution is 2.35. The second-order valence-corrected chi connectivity index (χ2v) is 10.7. The first-order chi connectivity index (χ1) is 17.8. The predicted molar refractivity (Wildman–Crippen MR) is 145 cm³/mol. The zero-order valence-electron chi connectivity index (χ0n) is 21.9. The fourth-order valence-electron chi connectivity index (χ4n) is 5.04. The lowest BCUT2D eigenvalue weighted by molar-refractivity contribution is 0.392. The van der Waals surface area contributed by atoms with E-state index in [0.29, 0.717) is 18.8 Å². The SMILES string of the molecule is CCCCc1cn(-c2cccn2C(C)(C)C)c(=O)n1CC1(c2cccc(-c3nn[nH]n3)c2)C=CN=CC1. The predicted octanol–water partition coefficient (Wildman–Crippen LogP) is 4.64. The Morgan fingerprint density at radius 3 is 2.73 bits per heavy atom. The average Bonchev–Trinajstić information content (AvgIpc) is 3.65. The summed E-state index contributed by atoms with van der Waals surface area (Å²) in [6.45, 7) is 9.12. The summed E-state index contributed by atoms with van der Waals surface area (Å²) in [6, 6.07) is 12.2. The average molecular weight is 499 g/mol. The lowest BCUT2D eigenvalue weighted by Crippen LogP contribution is -2.37. The van der Waals surface area contributed by atoms with Crippen molar-refractivity contribution in [2.75, 3.05) is 0 Å². The van der Waals surface area contributed by atoms with Crippen LogP contribution in [0.1, 0.15) is 58.2 Å². The van der Waals surface area contributed by atoms with Gasteiger partial charge in [-0.25, -0.2) is 4.79 Å². The van der Waals surface area contributed by atoms with E-state index in [1.54, 1.807) is 4.57 Å². The van der Waals surface area contributed by atoms with Gasteiger partial charge >= 0.3 is 5.69 Å². The summed E-state index contributed by atoms with van der Waals surface area (Å²) in [5.41, 5.74) is 2.38. The zero-order chi connectivity index (χ0) is 26.0. The summed E-state index contributed by atoms with van der Waals surface area (Å²) in [7, 11) is 0. The first kappa shape index (κ1) is 24.7. The third-order valence-electron chi connectivity index (χ3n) is 7.07. The lowest BCUT2D eigenvalue weighted by atomic mass is 9.76. The van der Waals surface area contributed by atoms with Crippen LogP contribution in [-0.4, -0.2) is 40.5 Å². The minimum atomic E-state index is -0.440. The molecule has 9 nitrogen and oxygen atoms in total. The van der Waals surface area contributed by atoms with Gasteiger partial charge in [-0.15, -0.1) is 10.2 Å². The van der Waals surface area contributed by atoms with Crippen molar-refractivity contribution in [3.05, 3.63) is 82.8 Å². The number of allylic oxidation sites excluding steroid dienone is 1. The minimum absolute atomic E-state index is 0.0279. The quantitative estimate of drug-likeness (QED) is 0.382. The molecule has 4 aromatic rings. The Labute approximate surface area is 216 Å².